The average Bonchev–Trinajstić information content (AvgIpc) is 2.78. The first-order chi connectivity index (χ1) is 7.98. The number of alkyl halides is 3. The third kappa shape index (κ3) is 2.47. The molecule has 90 valence electrons. The number of nitrogens with one attached hydrogen (secondary N) is 1. The molecule has 0 spiro atoms. The van der Waals surface area contributed by atoms with Gasteiger partial charge in [-0.2, -0.15) is 13.2 Å². The SMILES string of the molecule is N[C@H](c1ccccc1)c1ncc(C(F)(F)F)[nH]1. The van der Waals surface area contributed by atoms with E-state index in [0.29, 0.717) is 5.56 Å². The van der Waals surface area contributed by atoms with Crippen molar-refractivity contribution in [2.75, 3.05) is 0 Å². The minimum Gasteiger partial charge on any atom is -0.337 e. The summed E-state index contributed by atoms with van der Waals surface area (Å²) < 4.78 is 37.1. The first kappa shape index (κ1) is 11.7. The van der Waals surface area contributed by atoms with Gasteiger partial charge >= 0.3 is 6.18 Å². The highest BCUT2D eigenvalue weighted by atomic mass is 19.4. The van der Waals surface area contributed by atoms with Crippen molar-refractivity contribution in [2.24, 2.45) is 5.73 Å². The van der Waals surface area contributed by atoms with Crippen LogP contribution in [0.4, 0.5) is 13.2 Å². The molecular formula is C11H10F3N3. The number of benzene rings is 1. The monoisotopic (exact) mass is 241 g/mol. The van der Waals surface area contributed by atoms with Gasteiger partial charge in [0.25, 0.3) is 0 Å². The van der Waals surface area contributed by atoms with Gasteiger partial charge < -0.3 is 10.7 Å². The van der Waals surface area contributed by atoms with E-state index < -0.39 is 17.9 Å². The molecule has 1 aromatic carbocycles. The van der Waals surface area contributed by atoms with Crippen LogP contribution in [-0.4, -0.2) is 9.97 Å². The van der Waals surface area contributed by atoms with E-state index in [2.05, 4.69) is 9.97 Å². The van der Waals surface area contributed by atoms with E-state index in [4.69, 9.17) is 5.73 Å². The van der Waals surface area contributed by atoms with Crippen molar-refractivity contribution in [3.8, 4) is 0 Å². The van der Waals surface area contributed by atoms with Crippen LogP contribution in [0.25, 0.3) is 0 Å². The van der Waals surface area contributed by atoms with E-state index in [1.54, 1.807) is 30.3 Å². The van der Waals surface area contributed by atoms with Crippen LogP contribution in [0, 0.1) is 0 Å². The molecular weight excluding hydrogens is 231 g/mol. The smallest absolute Gasteiger partial charge is 0.337 e. The minimum absolute atomic E-state index is 0.100. The minimum atomic E-state index is -4.43. The van der Waals surface area contributed by atoms with Crippen LogP contribution in [0.15, 0.2) is 36.5 Å². The number of hydrogen-bond acceptors (Lipinski definition) is 2. The van der Waals surface area contributed by atoms with Crippen LogP contribution >= 0.6 is 0 Å². The number of imidazole rings is 1. The van der Waals surface area contributed by atoms with Gasteiger partial charge in [0.05, 0.1) is 12.2 Å². The third-order valence-corrected chi connectivity index (χ3v) is 2.35. The molecule has 1 heterocycles. The normalized spacial score (nSPS) is 13.6. The summed E-state index contributed by atoms with van der Waals surface area (Å²) in [5.41, 5.74) is 5.63. The molecule has 0 amide bonds. The summed E-state index contributed by atoms with van der Waals surface area (Å²) in [4.78, 5) is 5.85. The topological polar surface area (TPSA) is 54.7 Å². The molecule has 3 nitrogen and oxygen atoms in total. The number of H-pyrrole nitrogens is 1. The van der Waals surface area contributed by atoms with Gasteiger partial charge in [0.1, 0.15) is 11.5 Å². The number of nitrogens with zero attached hydrogens (tertiary/aromatic N) is 1. The van der Waals surface area contributed by atoms with E-state index in [-0.39, 0.29) is 5.82 Å². The van der Waals surface area contributed by atoms with Gasteiger partial charge in [-0.25, -0.2) is 4.98 Å². The first-order valence-corrected chi connectivity index (χ1v) is 4.91. The number of hydrogen-bond donors (Lipinski definition) is 2. The van der Waals surface area contributed by atoms with Crippen molar-refractivity contribution >= 4 is 0 Å². The van der Waals surface area contributed by atoms with Crippen LogP contribution in [0.3, 0.4) is 0 Å². The van der Waals surface area contributed by atoms with Gasteiger partial charge in [-0.1, -0.05) is 30.3 Å². The number of aromatic amines is 1. The third-order valence-electron chi connectivity index (χ3n) is 2.35. The van der Waals surface area contributed by atoms with Crippen LogP contribution in [-0.2, 0) is 6.18 Å². The number of aromatic nitrogens is 2. The Morgan fingerprint density at radius 2 is 1.82 bits per heavy atom. The Morgan fingerprint density at radius 3 is 2.35 bits per heavy atom. The molecule has 0 bridgehead atoms. The molecule has 0 saturated carbocycles. The lowest BCUT2D eigenvalue weighted by Crippen LogP contribution is -2.14. The van der Waals surface area contributed by atoms with Crippen molar-refractivity contribution in [3.63, 3.8) is 0 Å². The maximum Gasteiger partial charge on any atom is 0.432 e. The van der Waals surface area contributed by atoms with Gasteiger partial charge in [0.15, 0.2) is 0 Å². The maximum atomic E-state index is 12.4. The van der Waals surface area contributed by atoms with Crippen molar-refractivity contribution < 1.29 is 13.2 Å². The Kier molecular flexibility index (Phi) is 2.89. The van der Waals surface area contributed by atoms with Crippen molar-refractivity contribution in [1.29, 1.82) is 0 Å². The standard InChI is InChI=1S/C11H10F3N3/c12-11(13,14)8-6-16-10(17-8)9(15)7-4-2-1-3-5-7/h1-6,9H,15H2,(H,16,17)/t9-/m1/s1. The second-order valence-corrected chi connectivity index (χ2v) is 3.57. The number of nitrogens with two attached hydrogens (primary N) is 1. The Labute approximate surface area is 95.5 Å². The molecule has 1 atom stereocenters. The molecule has 0 aliphatic heterocycles. The van der Waals surface area contributed by atoms with Gasteiger partial charge in [-0.3, -0.25) is 0 Å². The van der Waals surface area contributed by atoms with Crippen LogP contribution in [0.5, 0.6) is 0 Å². The molecule has 3 N–H and O–H groups in total. The van der Waals surface area contributed by atoms with Crippen LogP contribution in [0.2, 0.25) is 0 Å². The summed E-state index contributed by atoms with van der Waals surface area (Å²) in [5, 5.41) is 0. The molecule has 2 rings (SSSR count). The lowest BCUT2D eigenvalue weighted by Gasteiger charge is -2.09. The largest absolute Gasteiger partial charge is 0.432 e. The van der Waals surface area contributed by atoms with E-state index in [1.807, 2.05) is 0 Å². The molecule has 0 unspecified atom stereocenters. The Hall–Kier alpha value is -1.82. The van der Waals surface area contributed by atoms with Crippen molar-refractivity contribution in [3.05, 3.63) is 53.6 Å². The highest BCUT2D eigenvalue weighted by Gasteiger charge is 2.33. The van der Waals surface area contributed by atoms with Crippen LogP contribution < -0.4 is 5.73 Å². The fourth-order valence-corrected chi connectivity index (χ4v) is 1.46. The molecule has 0 aliphatic rings. The lowest BCUT2D eigenvalue weighted by atomic mass is 10.1. The van der Waals surface area contributed by atoms with E-state index in [1.165, 1.54) is 0 Å². The lowest BCUT2D eigenvalue weighted by molar-refractivity contribution is -0.140. The second-order valence-electron chi connectivity index (χ2n) is 3.57. The quantitative estimate of drug-likeness (QED) is 0.848. The molecule has 6 heteroatoms. The molecule has 0 radical (unpaired) electrons. The zero-order chi connectivity index (χ0) is 12.5. The fraction of sp³-hybridized carbons (Fsp3) is 0.182. The fourth-order valence-electron chi connectivity index (χ4n) is 1.46. The Bertz CT molecular complexity index is 490. The van der Waals surface area contributed by atoms with Gasteiger partial charge in [0.2, 0.25) is 0 Å². The van der Waals surface area contributed by atoms with Crippen LogP contribution in [0.1, 0.15) is 23.1 Å². The summed E-state index contributed by atoms with van der Waals surface area (Å²) in [6, 6.07) is 8.12. The van der Waals surface area contributed by atoms with Gasteiger partial charge in [-0.15, -0.1) is 0 Å². The highest BCUT2D eigenvalue weighted by molar-refractivity contribution is 5.25. The van der Waals surface area contributed by atoms with Gasteiger partial charge in [-0.05, 0) is 5.56 Å². The van der Waals surface area contributed by atoms with E-state index in [9.17, 15) is 13.2 Å². The zero-order valence-corrected chi connectivity index (χ0v) is 8.70. The summed E-state index contributed by atoms with van der Waals surface area (Å²) in [5.74, 6) is 0.100. The summed E-state index contributed by atoms with van der Waals surface area (Å²) in [6.45, 7) is 0. The number of halogens is 3. The predicted molar refractivity (Wildman–Crippen MR) is 56.1 cm³/mol. The Balaban J connectivity index is 2.27. The van der Waals surface area contributed by atoms with E-state index in [0.717, 1.165) is 6.20 Å². The zero-order valence-electron chi connectivity index (χ0n) is 8.70. The van der Waals surface area contributed by atoms with Crippen molar-refractivity contribution in [2.45, 2.75) is 12.2 Å². The van der Waals surface area contributed by atoms with Crippen molar-refractivity contribution in [1.82, 2.24) is 9.97 Å². The molecule has 0 aliphatic carbocycles. The summed E-state index contributed by atoms with van der Waals surface area (Å²) >= 11 is 0. The number of rotatable bonds is 2. The second kappa shape index (κ2) is 4.21. The summed E-state index contributed by atoms with van der Waals surface area (Å²) in [6.07, 6.45) is -3.68. The average molecular weight is 241 g/mol. The molecule has 1 aromatic heterocycles. The molecule has 17 heavy (non-hydrogen) atoms. The van der Waals surface area contributed by atoms with E-state index >= 15 is 0 Å². The molecule has 0 saturated heterocycles. The summed E-state index contributed by atoms with van der Waals surface area (Å²) in [7, 11) is 0. The Morgan fingerprint density at radius 1 is 1.18 bits per heavy atom. The predicted octanol–water partition coefficient (Wildman–Crippen LogP) is 2.48. The first-order valence-electron chi connectivity index (χ1n) is 4.91. The maximum absolute atomic E-state index is 12.4. The highest BCUT2D eigenvalue weighted by Crippen LogP contribution is 2.28. The molecule has 0 fully saturated rings. The molecule has 2 aromatic rings. The van der Waals surface area contributed by atoms with Gasteiger partial charge in [0, 0.05) is 0 Å².